The fraction of sp³-hybridized carbons (Fsp3) is 0.417. The van der Waals surface area contributed by atoms with Crippen LogP contribution in [0.4, 0.5) is 13.2 Å². The number of carbonyl (C=O) groups is 1. The summed E-state index contributed by atoms with van der Waals surface area (Å²) in [5, 5.41) is 4.48. The Labute approximate surface area is 189 Å². The van der Waals surface area contributed by atoms with E-state index in [1.54, 1.807) is 19.3 Å². The second kappa shape index (κ2) is 7.67. The Morgan fingerprint density at radius 3 is 2.58 bits per heavy atom. The third kappa shape index (κ3) is 4.00. The van der Waals surface area contributed by atoms with E-state index in [1.165, 1.54) is 30.0 Å². The molecule has 33 heavy (non-hydrogen) atoms. The standard InChI is InChI=1S/C24H24F3N5O/c1-23(7-3-4-8-23)14-32-12-16(11-29-32)17-5-6-20(24(25,26)27)30-21(17)15-9-18-19(28-10-15)13-31(2)22(18)33/h5-6,9-12H,3-4,7-8,13-14H2,1-2H3. The number of aromatic nitrogens is 4. The first-order valence-corrected chi connectivity index (χ1v) is 11.0. The van der Waals surface area contributed by atoms with Gasteiger partial charge in [0.05, 0.1) is 29.7 Å². The van der Waals surface area contributed by atoms with Crippen molar-refractivity contribution in [3.05, 3.63) is 53.7 Å². The van der Waals surface area contributed by atoms with E-state index in [2.05, 4.69) is 22.0 Å². The van der Waals surface area contributed by atoms with Gasteiger partial charge in [0, 0.05) is 42.7 Å². The predicted molar refractivity (Wildman–Crippen MR) is 116 cm³/mol. The molecule has 0 radical (unpaired) electrons. The minimum atomic E-state index is -4.59. The first-order chi connectivity index (χ1) is 15.6. The van der Waals surface area contributed by atoms with Crippen LogP contribution in [0.25, 0.3) is 22.4 Å². The molecule has 0 saturated heterocycles. The fourth-order valence-electron chi connectivity index (χ4n) is 4.87. The number of hydrogen-bond acceptors (Lipinski definition) is 4. The maximum absolute atomic E-state index is 13.5. The van der Waals surface area contributed by atoms with Gasteiger partial charge in [0.25, 0.3) is 5.91 Å². The van der Waals surface area contributed by atoms with Gasteiger partial charge in [0.2, 0.25) is 0 Å². The highest BCUT2D eigenvalue weighted by Gasteiger charge is 2.34. The van der Waals surface area contributed by atoms with Crippen LogP contribution in [-0.4, -0.2) is 37.6 Å². The number of rotatable bonds is 4. The molecule has 3 aromatic heterocycles. The summed E-state index contributed by atoms with van der Waals surface area (Å²) in [7, 11) is 1.66. The van der Waals surface area contributed by atoms with E-state index in [1.807, 2.05) is 10.9 Å². The number of carbonyl (C=O) groups excluding carboxylic acids is 1. The third-order valence-electron chi connectivity index (χ3n) is 6.69. The molecular formula is C24H24F3N5O. The lowest BCUT2D eigenvalue weighted by molar-refractivity contribution is -0.141. The van der Waals surface area contributed by atoms with Crippen LogP contribution in [0.15, 0.2) is 36.8 Å². The Kier molecular flexibility index (Phi) is 5.02. The van der Waals surface area contributed by atoms with Crippen LogP contribution in [0.1, 0.15) is 54.4 Å². The van der Waals surface area contributed by atoms with Crippen LogP contribution in [0.2, 0.25) is 0 Å². The average molecular weight is 455 g/mol. The molecule has 5 rings (SSSR count). The van der Waals surface area contributed by atoms with Gasteiger partial charge in [-0.3, -0.25) is 14.5 Å². The number of nitrogens with zero attached hydrogens (tertiary/aromatic N) is 5. The number of fused-ring (bicyclic) bond motifs is 1. The van der Waals surface area contributed by atoms with Gasteiger partial charge in [0.15, 0.2) is 0 Å². The molecule has 0 spiro atoms. The Morgan fingerprint density at radius 2 is 1.85 bits per heavy atom. The average Bonchev–Trinajstić information content (AvgIpc) is 3.47. The predicted octanol–water partition coefficient (Wildman–Crippen LogP) is 5.19. The van der Waals surface area contributed by atoms with Crippen molar-refractivity contribution < 1.29 is 18.0 Å². The zero-order chi connectivity index (χ0) is 23.4. The number of amides is 1. The van der Waals surface area contributed by atoms with E-state index >= 15 is 0 Å². The molecule has 1 fully saturated rings. The zero-order valence-electron chi connectivity index (χ0n) is 18.5. The molecule has 0 bridgehead atoms. The maximum Gasteiger partial charge on any atom is 0.433 e. The van der Waals surface area contributed by atoms with Crippen molar-refractivity contribution in [3.8, 4) is 22.4 Å². The molecule has 172 valence electrons. The topological polar surface area (TPSA) is 63.9 Å². The quantitative estimate of drug-likeness (QED) is 0.543. The number of pyridine rings is 2. The monoisotopic (exact) mass is 455 g/mol. The molecule has 0 N–H and O–H groups in total. The molecular weight excluding hydrogens is 431 g/mol. The van der Waals surface area contributed by atoms with Gasteiger partial charge >= 0.3 is 6.18 Å². The van der Waals surface area contributed by atoms with Crippen LogP contribution in [0, 0.1) is 5.41 Å². The molecule has 1 saturated carbocycles. The van der Waals surface area contributed by atoms with Crippen LogP contribution >= 0.6 is 0 Å². The maximum atomic E-state index is 13.5. The molecule has 3 aromatic rings. The normalized spacial score (nSPS) is 17.6. The van der Waals surface area contributed by atoms with E-state index in [4.69, 9.17) is 0 Å². The molecule has 0 atom stereocenters. The van der Waals surface area contributed by atoms with Crippen molar-refractivity contribution in [2.24, 2.45) is 5.41 Å². The molecule has 0 aromatic carbocycles. The summed E-state index contributed by atoms with van der Waals surface area (Å²) in [6, 6.07) is 3.99. The van der Waals surface area contributed by atoms with Crippen LogP contribution in [-0.2, 0) is 19.3 Å². The number of alkyl halides is 3. The minimum Gasteiger partial charge on any atom is -0.336 e. The van der Waals surface area contributed by atoms with Crippen molar-refractivity contribution in [2.75, 3.05) is 7.05 Å². The third-order valence-corrected chi connectivity index (χ3v) is 6.69. The van der Waals surface area contributed by atoms with Crippen LogP contribution in [0.5, 0.6) is 0 Å². The van der Waals surface area contributed by atoms with Gasteiger partial charge in [0.1, 0.15) is 5.69 Å². The first-order valence-electron chi connectivity index (χ1n) is 11.0. The smallest absolute Gasteiger partial charge is 0.336 e. The van der Waals surface area contributed by atoms with Crippen molar-refractivity contribution in [3.63, 3.8) is 0 Å². The fourth-order valence-corrected chi connectivity index (χ4v) is 4.87. The number of halogens is 3. The van der Waals surface area contributed by atoms with Crippen molar-refractivity contribution >= 4 is 5.91 Å². The lowest BCUT2D eigenvalue weighted by atomic mass is 9.89. The molecule has 4 heterocycles. The van der Waals surface area contributed by atoms with E-state index in [-0.39, 0.29) is 17.0 Å². The molecule has 1 aliphatic heterocycles. The van der Waals surface area contributed by atoms with Crippen LogP contribution in [0.3, 0.4) is 0 Å². The minimum absolute atomic E-state index is 0.133. The lowest BCUT2D eigenvalue weighted by Gasteiger charge is -2.22. The summed E-state index contributed by atoms with van der Waals surface area (Å²) in [5.74, 6) is -0.203. The van der Waals surface area contributed by atoms with Gasteiger partial charge in [-0.2, -0.15) is 18.3 Å². The van der Waals surface area contributed by atoms with Gasteiger partial charge in [-0.15, -0.1) is 0 Å². The van der Waals surface area contributed by atoms with Crippen LogP contribution < -0.4 is 0 Å². The SMILES string of the molecule is CN1Cc2ncc(-c3nc(C(F)(F)F)ccc3-c3cnn(CC4(C)CCCC4)c3)cc2C1=O. The highest BCUT2D eigenvalue weighted by molar-refractivity contribution is 5.99. The molecule has 2 aliphatic rings. The summed E-state index contributed by atoms with van der Waals surface area (Å²) < 4.78 is 42.3. The highest BCUT2D eigenvalue weighted by Crippen LogP contribution is 2.40. The van der Waals surface area contributed by atoms with Gasteiger partial charge in [-0.25, -0.2) is 4.98 Å². The Bertz CT molecular complexity index is 1230. The second-order valence-corrected chi connectivity index (χ2v) is 9.41. The Hall–Kier alpha value is -3.23. The Morgan fingerprint density at radius 1 is 1.09 bits per heavy atom. The van der Waals surface area contributed by atoms with Crippen molar-refractivity contribution in [2.45, 2.75) is 51.9 Å². The van der Waals surface area contributed by atoms with E-state index in [0.29, 0.717) is 34.5 Å². The van der Waals surface area contributed by atoms with Gasteiger partial charge in [-0.05, 0) is 36.5 Å². The molecule has 1 aliphatic carbocycles. The summed E-state index contributed by atoms with van der Waals surface area (Å²) >= 11 is 0. The van der Waals surface area contributed by atoms with E-state index < -0.39 is 11.9 Å². The number of hydrogen-bond donors (Lipinski definition) is 0. The molecule has 9 heteroatoms. The summed E-state index contributed by atoms with van der Waals surface area (Å²) in [5.41, 5.74) is 1.89. The highest BCUT2D eigenvalue weighted by atomic mass is 19.4. The molecule has 6 nitrogen and oxygen atoms in total. The first kappa shape index (κ1) is 21.6. The summed E-state index contributed by atoms with van der Waals surface area (Å²) in [6.45, 7) is 3.39. The van der Waals surface area contributed by atoms with Gasteiger partial charge in [-0.1, -0.05) is 19.8 Å². The van der Waals surface area contributed by atoms with Gasteiger partial charge < -0.3 is 4.90 Å². The molecule has 0 unspecified atom stereocenters. The van der Waals surface area contributed by atoms with Crippen molar-refractivity contribution in [1.29, 1.82) is 0 Å². The zero-order valence-corrected chi connectivity index (χ0v) is 18.5. The lowest BCUT2D eigenvalue weighted by Crippen LogP contribution is -2.19. The van der Waals surface area contributed by atoms with Crippen molar-refractivity contribution in [1.82, 2.24) is 24.6 Å². The van der Waals surface area contributed by atoms with E-state index in [9.17, 15) is 18.0 Å². The molecule has 1 amide bonds. The summed E-state index contributed by atoms with van der Waals surface area (Å²) in [4.78, 5) is 22.3. The summed E-state index contributed by atoms with van der Waals surface area (Å²) in [6.07, 6.45) is 5.10. The Balaban J connectivity index is 1.57. The van der Waals surface area contributed by atoms with E-state index in [0.717, 1.165) is 25.5 Å². The second-order valence-electron chi connectivity index (χ2n) is 9.41. The largest absolute Gasteiger partial charge is 0.433 e.